The van der Waals surface area contributed by atoms with Crippen molar-refractivity contribution in [2.75, 3.05) is 38.1 Å². The van der Waals surface area contributed by atoms with Gasteiger partial charge in [0.1, 0.15) is 6.33 Å². The molecule has 9 heteroatoms. The minimum atomic E-state index is -1.26. The summed E-state index contributed by atoms with van der Waals surface area (Å²) in [5, 5.41) is 21.7. The molecule has 4 rings (SSSR count). The lowest BCUT2D eigenvalue weighted by atomic mass is 9.94. The van der Waals surface area contributed by atoms with Crippen molar-refractivity contribution in [1.29, 1.82) is 0 Å². The SMILES string of the molecule is CCOc1cncnc1NCCCN1CC=C(c2cccc3ccccc23)CC1.O=C(O)/C=C/C(=O)O. The molecule has 1 aliphatic heterocycles. The third-order valence-corrected chi connectivity index (χ3v) is 5.72. The zero-order chi connectivity index (χ0) is 26.5. The number of aliphatic carboxylic acids is 2. The summed E-state index contributed by atoms with van der Waals surface area (Å²) >= 11 is 0. The highest BCUT2D eigenvalue weighted by molar-refractivity contribution is 5.94. The molecule has 0 bridgehead atoms. The Morgan fingerprint density at radius 1 is 1.11 bits per heavy atom. The van der Waals surface area contributed by atoms with Gasteiger partial charge in [-0.2, -0.15) is 0 Å². The Kier molecular flexibility index (Phi) is 10.6. The molecule has 0 amide bonds. The zero-order valence-corrected chi connectivity index (χ0v) is 20.8. The Hall–Kier alpha value is -4.24. The Morgan fingerprint density at radius 2 is 1.86 bits per heavy atom. The smallest absolute Gasteiger partial charge is 0.328 e. The van der Waals surface area contributed by atoms with Gasteiger partial charge in [-0.3, -0.25) is 4.90 Å². The van der Waals surface area contributed by atoms with Gasteiger partial charge in [0.2, 0.25) is 0 Å². The molecule has 0 saturated heterocycles. The van der Waals surface area contributed by atoms with Crippen molar-refractivity contribution >= 4 is 34.1 Å². The number of nitrogens with zero attached hydrogens (tertiary/aromatic N) is 3. The first-order valence-corrected chi connectivity index (χ1v) is 12.2. The van der Waals surface area contributed by atoms with Gasteiger partial charge in [-0.25, -0.2) is 19.6 Å². The zero-order valence-electron chi connectivity index (χ0n) is 20.8. The first-order valence-electron chi connectivity index (χ1n) is 12.2. The van der Waals surface area contributed by atoms with E-state index < -0.39 is 11.9 Å². The third-order valence-electron chi connectivity index (χ3n) is 5.72. The van der Waals surface area contributed by atoms with Crippen molar-refractivity contribution in [1.82, 2.24) is 14.9 Å². The van der Waals surface area contributed by atoms with Crippen molar-refractivity contribution in [3.8, 4) is 5.75 Å². The molecule has 0 spiro atoms. The number of carbonyl (C=O) groups is 2. The van der Waals surface area contributed by atoms with Gasteiger partial charge in [0.05, 0.1) is 12.8 Å². The lowest BCUT2D eigenvalue weighted by Gasteiger charge is -2.27. The molecule has 0 saturated carbocycles. The summed E-state index contributed by atoms with van der Waals surface area (Å²) in [5.41, 5.74) is 2.86. The number of hydrogen-bond acceptors (Lipinski definition) is 7. The standard InChI is InChI=1S/C24H28N4O.C4H4O4/c1-2-29-23-17-25-18-27-24(23)26-13-6-14-28-15-11-20(12-16-28)22-10-5-8-19-7-3-4-9-21(19)22;5-3(6)1-2-4(7)8/h3-5,7-11,17-18H,2,6,12-16H2,1H3,(H,25,26,27);1-2H,(H,5,6)(H,7,8)/b;2-1+. The van der Waals surface area contributed by atoms with Crippen LogP contribution in [0.2, 0.25) is 0 Å². The van der Waals surface area contributed by atoms with Gasteiger partial charge in [0.15, 0.2) is 11.6 Å². The summed E-state index contributed by atoms with van der Waals surface area (Å²) in [6, 6.07) is 15.3. The Balaban J connectivity index is 0.000000414. The van der Waals surface area contributed by atoms with Crippen LogP contribution in [0.1, 0.15) is 25.3 Å². The number of anilines is 1. The predicted octanol–water partition coefficient (Wildman–Crippen LogP) is 4.33. The van der Waals surface area contributed by atoms with Crippen LogP contribution in [0.25, 0.3) is 16.3 Å². The van der Waals surface area contributed by atoms with E-state index in [0.717, 1.165) is 50.6 Å². The molecule has 9 nitrogen and oxygen atoms in total. The number of ether oxygens (including phenoxy) is 1. The number of carboxylic acid groups (broad SMARTS) is 2. The molecular weight excluding hydrogens is 472 g/mol. The van der Waals surface area contributed by atoms with Crippen LogP contribution in [0, 0.1) is 0 Å². The van der Waals surface area contributed by atoms with E-state index >= 15 is 0 Å². The number of fused-ring (bicyclic) bond motifs is 1. The summed E-state index contributed by atoms with van der Waals surface area (Å²) in [5.74, 6) is -1.02. The minimum Gasteiger partial charge on any atom is -0.488 e. The van der Waals surface area contributed by atoms with Crippen molar-refractivity contribution in [3.63, 3.8) is 0 Å². The van der Waals surface area contributed by atoms with Gasteiger partial charge in [-0.05, 0) is 41.7 Å². The average Bonchev–Trinajstić information content (AvgIpc) is 2.91. The summed E-state index contributed by atoms with van der Waals surface area (Å²) < 4.78 is 5.56. The molecule has 194 valence electrons. The van der Waals surface area contributed by atoms with Crippen LogP contribution in [0.4, 0.5) is 5.82 Å². The highest BCUT2D eigenvalue weighted by atomic mass is 16.5. The van der Waals surface area contributed by atoms with Crippen LogP contribution in [-0.2, 0) is 9.59 Å². The summed E-state index contributed by atoms with van der Waals surface area (Å²) in [7, 11) is 0. The largest absolute Gasteiger partial charge is 0.488 e. The second-order valence-electron chi connectivity index (χ2n) is 8.27. The van der Waals surface area contributed by atoms with Gasteiger partial charge in [-0.1, -0.05) is 48.5 Å². The number of hydrogen-bond donors (Lipinski definition) is 3. The van der Waals surface area contributed by atoms with E-state index in [1.165, 1.54) is 21.9 Å². The predicted molar refractivity (Wildman–Crippen MR) is 144 cm³/mol. The normalized spacial score (nSPS) is 13.5. The highest BCUT2D eigenvalue weighted by Gasteiger charge is 2.14. The molecule has 0 atom stereocenters. The number of carboxylic acids is 2. The van der Waals surface area contributed by atoms with Crippen LogP contribution < -0.4 is 10.1 Å². The van der Waals surface area contributed by atoms with E-state index in [9.17, 15) is 9.59 Å². The van der Waals surface area contributed by atoms with Crippen LogP contribution >= 0.6 is 0 Å². The maximum absolute atomic E-state index is 9.55. The van der Waals surface area contributed by atoms with Crippen molar-refractivity contribution in [2.45, 2.75) is 19.8 Å². The number of rotatable bonds is 10. The van der Waals surface area contributed by atoms with E-state index in [2.05, 4.69) is 68.7 Å². The molecule has 2 aromatic carbocycles. The first-order chi connectivity index (χ1) is 18.0. The van der Waals surface area contributed by atoms with Crippen molar-refractivity contribution in [3.05, 3.63) is 78.8 Å². The highest BCUT2D eigenvalue weighted by Crippen LogP contribution is 2.29. The van der Waals surface area contributed by atoms with E-state index in [-0.39, 0.29) is 0 Å². The molecule has 3 aromatic rings. The second-order valence-corrected chi connectivity index (χ2v) is 8.27. The van der Waals surface area contributed by atoms with E-state index in [1.807, 2.05) is 6.92 Å². The molecule has 1 aromatic heterocycles. The molecule has 3 N–H and O–H groups in total. The molecule has 0 fully saturated rings. The molecule has 37 heavy (non-hydrogen) atoms. The molecule has 1 aliphatic rings. The van der Waals surface area contributed by atoms with E-state index in [0.29, 0.717) is 18.8 Å². The molecular formula is C28H32N4O5. The number of benzene rings is 2. The summed E-state index contributed by atoms with van der Waals surface area (Å²) in [6.45, 7) is 6.63. The lowest BCUT2D eigenvalue weighted by Crippen LogP contribution is -2.30. The van der Waals surface area contributed by atoms with Crippen LogP contribution in [-0.4, -0.2) is 69.8 Å². The Morgan fingerprint density at radius 3 is 2.57 bits per heavy atom. The first kappa shape index (κ1) is 27.3. The monoisotopic (exact) mass is 504 g/mol. The number of aromatic nitrogens is 2. The van der Waals surface area contributed by atoms with E-state index in [1.54, 1.807) is 12.5 Å². The maximum Gasteiger partial charge on any atom is 0.328 e. The van der Waals surface area contributed by atoms with Crippen LogP contribution in [0.15, 0.2) is 73.2 Å². The third kappa shape index (κ3) is 8.73. The van der Waals surface area contributed by atoms with Gasteiger partial charge in [0, 0.05) is 38.3 Å². The topological polar surface area (TPSA) is 125 Å². The van der Waals surface area contributed by atoms with Crippen LogP contribution in [0.5, 0.6) is 5.75 Å². The Labute approximate surface area is 216 Å². The fourth-order valence-corrected chi connectivity index (χ4v) is 4.03. The maximum atomic E-state index is 9.55. The summed E-state index contributed by atoms with van der Waals surface area (Å²) in [4.78, 5) is 29.9. The molecule has 0 unspecified atom stereocenters. The van der Waals surface area contributed by atoms with Crippen molar-refractivity contribution in [2.24, 2.45) is 0 Å². The van der Waals surface area contributed by atoms with Gasteiger partial charge < -0.3 is 20.3 Å². The van der Waals surface area contributed by atoms with Crippen molar-refractivity contribution < 1.29 is 24.5 Å². The second kappa shape index (κ2) is 14.4. The quantitative estimate of drug-likeness (QED) is 0.273. The molecule has 0 radical (unpaired) electrons. The lowest BCUT2D eigenvalue weighted by molar-refractivity contribution is -0.134. The van der Waals surface area contributed by atoms with Gasteiger partial charge in [0.25, 0.3) is 0 Å². The molecule has 2 heterocycles. The molecule has 0 aliphatic carbocycles. The van der Waals surface area contributed by atoms with Gasteiger partial charge in [-0.15, -0.1) is 0 Å². The fraction of sp³-hybridized carbons (Fsp3) is 0.286. The summed E-state index contributed by atoms with van der Waals surface area (Å²) in [6.07, 6.45) is 8.94. The fourth-order valence-electron chi connectivity index (χ4n) is 4.03. The van der Waals surface area contributed by atoms with E-state index in [4.69, 9.17) is 14.9 Å². The Bertz CT molecular complexity index is 1240. The van der Waals surface area contributed by atoms with Crippen LogP contribution in [0.3, 0.4) is 0 Å². The number of nitrogens with one attached hydrogen (secondary N) is 1. The minimum absolute atomic E-state index is 0.558. The average molecular weight is 505 g/mol. The van der Waals surface area contributed by atoms with Gasteiger partial charge >= 0.3 is 11.9 Å².